The zero-order valence-electron chi connectivity index (χ0n) is 16.6. The molecule has 0 N–H and O–H groups in total. The minimum absolute atomic E-state index is 0.122. The Morgan fingerprint density at radius 1 is 1.11 bits per heavy atom. The van der Waals surface area contributed by atoms with Crippen molar-refractivity contribution in [3.05, 3.63) is 66.0 Å². The van der Waals surface area contributed by atoms with Crippen LogP contribution in [0.2, 0.25) is 0 Å². The summed E-state index contributed by atoms with van der Waals surface area (Å²) in [5.74, 6) is -0.649. The number of ether oxygens (including phenoxy) is 2. The van der Waals surface area contributed by atoms with E-state index in [1.165, 1.54) is 6.20 Å². The second-order valence-corrected chi connectivity index (χ2v) is 8.41. The molecule has 0 unspecified atom stereocenters. The fourth-order valence-electron chi connectivity index (χ4n) is 4.11. The van der Waals surface area contributed by atoms with E-state index >= 15 is 0 Å². The van der Waals surface area contributed by atoms with E-state index in [1.807, 2.05) is 6.07 Å². The maximum atomic E-state index is 13.0. The number of hydrogen-bond acceptors (Lipinski definition) is 5. The summed E-state index contributed by atoms with van der Waals surface area (Å²) in [4.78, 5) is 29.4. The van der Waals surface area contributed by atoms with Crippen LogP contribution in [0.3, 0.4) is 0 Å². The van der Waals surface area contributed by atoms with Gasteiger partial charge in [-0.15, -0.1) is 0 Å². The summed E-state index contributed by atoms with van der Waals surface area (Å²) in [5, 5.41) is 0. The molecule has 1 saturated carbocycles. The van der Waals surface area contributed by atoms with Gasteiger partial charge < -0.3 is 9.47 Å². The SMILES string of the molecule is C[C@@H]1C[C@H](OC(=O)[C@@H](OC(=O)c2cccnc2)c2ccccc2)CC(C)(C)C1. The molecule has 2 aromatic rings. The van der Waals surface area contributed by atoms with Gasteiger partial charge in [-0.25, -0.2) is 9.59 Å². The normalized spacial score (nSPS) is 22.1. The van der Waals surface area contributed by atoms with E-state index in [1.54, 1.807) is 42.6 Å². The lowest BCUT2D eigenvalue weighted by Gasteiger charge is -2.38. The van der Waals surface area contributed by atoms with Crippen LogP contribution >= 0.6 is 0 Å². The second-order valence-electron chi connectivity index (χ2n) is 8.41. The highest BCUT2D eigenvalue weighted by atomic mass is 16.6. The van der Waals surface area contributed by atoms with Crippen LogP contribution in [0.25, 0.3) is 0 Å². The van der Waals surface area contributed by atoms with E-state index in [4.69, 9.17) is 9.47 Å². The highest BCUT2D eigenvalue weighted by molar-refractivity contribution is 5.91. The van der Waals surface area contributed by atoms with Crippen molar-refractivity contribution in [3.8, 4) is 0 Å². The number of aromatic nitrogens is 1. The largest absolute Gasteiger partial charge is 0.459 e. The molecule has 1 heterocycles. The predicted octanol–water partition coefficient (Wildman–Crippen LogP) is 4.74. The molecule has 1 aliphatic carbocycles. The zero-order valence-corrected chi connectivity index (χ0v) is 16.6. The number of carbonyl (C=O) groups is 2. The highest BCUT2D eigenvalue weighted by Gasteiger charge is 2.36. The van der Waals surface area contributed by atoms with Crippen molar-refractivity contribution in [1.82, 2.24) is 4.98 Å². The van der Waals surface area contributed by atoms with Gasteiger partial charge in [0.1, 0.15) is 6.10 Å². The smallest absolute Gasteiger partial charge is 0.352 e. The maximum Gasteiger partial charge on any atom is 0.352 e. The number of benzene rings is 1. The average Bonchev–Trinajstić information content (AvgIpc) is 2.65. The fraction of sp³-hybridized carbons (Fsp3) is 0.435. The summed E-state index contributed by atoms with van der Waals surface area (Å²) in [7, 11) is 0. The molecule has 28 heavy (non-hydrogen) atoms. The Morgan fingerprint density at radius 3 is 2.50 bits per heavy atom. The lowest BCUT2D eigenvalue weighted by molar-refractivity contribution is -0.164. The topological polar surface area (TPSA) is 65.5 Å². The van der Waals surface area contributed by atoms with Gasteiger partial charge >= 0.3 is 11.9 Å². The lowest BCUT2D eigenvalue weighted by atomic mass is 9.71. The minimum atomic E-state index is -1.10. The summed E-state index contributed by atoms with van der Waals surface area (Å²) in [6.45, 7) is 6.57. The van der Waals surface area contributed by atoms with Gasteiger partial charge in [-0.3, -0.25) is 4.98 Å². The molecule has 1 aromatic heterocycles. The third-order valence-corrected chi connectivity index (χ3v) is 5.07. The molecule has 0 radical (unpaired) electrons. The van der Waals surface area contributed by atoms with Crippen molar-refractivity contribution in [2.24, 2.45) is 11.3 Å². The third-order valence-electron chi connectivity index (χ3n) is 5.07. The molecule has 148 valence electrons. The number of rotatable bonds is 5. The number of esters is 2. The molecule has 0 amide bonds. The monoisotopic (exact) mass is 381 g/mol. The summed E-state index contributed by atoms with van der Waals surface area (Å²) in [5.41, 5.74) is 1.01. The van der Waals surface area contributed by atoms with E-state index in [9.17, 15) is 9.59 Å². The fourth-order valence-corrected chi connectivity index (χ4v) is 4.11. The maximum absolute atomic E-state index is 13.0. The zero-order chi connectivity index (χ0) is 20.1. The first kappa shape index (κ1) is 20.1. The first-order valence-electron chi connectivity index (χ1n) is 9.70. The van der Waals surface area contributed by atoms with Crippen LogP contribution in [0.4, 0.5) is 0 Å². The Bertz CT molecular complexity index is 804. The van der Waals surface area contributed by atoms with Gasteiger partial charge in [-0.1, -0.05) is 51.1 Å². The van der Waals surface area contributed by atoms with Gasteiger partial charge in [0.05, 0.1) is 5.56 Å². The lowest BCUT2D eigenvalue weighted by Crippen LogP contribution is -2.35. The number of pyridine rings is 1. The van der Waals surface area contributed by atoms with Gasteiger partial charge in [0, 0.05) is 18.0 Å². The van der Waals surface area contributed by atoms with Crippen LogP contribution in [0.5, 0.6) is 0 Å². The molecule has 0 aliphatic heterocycles. The Hall–Kier alpha value is -2.69. The third kappa shape index (κ3) is 5.18. The van der Waals surface area contributed by atoms with Crippen LogP contribution in [-0.2, 0) is 14.3 Å². The summed E-state index contributed by atoms with van der Waals surface area (Å²) < 4.78 is 11.4. The second kappa shape index (κ2) is 8.55. The molecular formula is C23H27NO4. The van der Waals surface area contributed by atoms with Crippen molar-refractivity contribution in [2.75, 3.05) is 0 Å². The highest BCUT2D eigenvalue weighted by Crippen LogP contribution is 2.40. The Balaban J connectivity index is 1.77. The molecule has 0 saturated heterocycles. The Kier molecular flexibility index (Phi) is 6.12. The number of hydrogen-bond donors (Lipinski definition) is 0. The average molecular weight is 381 g/mol. The van der Waals surface area contributed by atoms with Crippen LogP contribution in [0.1, 0.15) is 62.1 Å². The molecule has 3 atom stereocenters. The minimum Gasteiger partial charge on any atom is -0.459 e. The van der Waals surface area contributed by atoms with Crippen molar-refractivity contribution in [1.29, 1.82) is 0 Å². The van der Waals surface area contributed by atoms with Crippen molar-refractivity contribution < 1.29 is 19.1 Å². The van der Waals surface area contributed by atoms with Crippen LogP contribution in [-0.4, -0.2) is 23.0 Å². The van der Waals surface area contributed by atoms with Gasteiger partial charge in [0.25, 0.3) is 0 Å². The van der Waals surface area contributed by atoms with Crippen LogP contribution in [0, 0.1) is 11.3 Å². The first-order chi connectivity index (χ1) is 13.3. The quantitative estimate of drug-likeness (QED) is 0.700. The number of nitrogens with zero attached hydrogens (tertiary/aromatic N) is 1. The first-order valence-corrected chi connectivity index (χ1v) is 9.70. The van der Waals surface area contributed by atoms with E-state index in [0.717, 1.165) is 19.3 Å². The standard InChI is InChI=1S/C23H27NO4/c1-16-12-19(14-23(2,3)13-16)27-22(26)20(17-8-5-4-6-9-17)28-21(25)18-10-7-11-24-15-18/h4-11,15-16,19-20H,12-14H2,1-3H3/t16-,19+,20+/m1/s1. The van der Waals surface area contributed by atoms with Crippen molar-refractivity contribution in [2.45, 2.75) is 52.2 Å². The molecule has 1 fully saturated rings. The van der Waals surface area contributed by atoms with Gasteiger partial charge in [-0.2, -0.15) is 0 Å². The van der Waals surface area contributed by atoms with E-state index < -0.39 is 18.0 Å². The molecule has 0 spiro atoms. The molecule has 1 aliphatic rings. The van der Waals surface area contributed by atoms with E-state index in [2.05, 4.69) is 25.8 Å². The van der Waals surface area contributed by atoms with E-state index in [-0.39, 0.29) is 11.5 Å². The Morgan fingerprint density at radius 2 is 1.86 bits per heavy atom. The molecular weight excluding hydrogens is 354 g/mol. The summed E-state index contributed by atoms with van der Waals surface area (Å²) in [6.07, 6.45) is 4.46. The van der Waals surface area contributed by atoms with E-state index in [0.29, 0.717) is 17.0 Å². The van der Waals surface area contributed by atoms with Crippen molar-refractivity contribution >= 4 is 11.9 Å². The molecule has 3 rings (SSSR count). The van der Waals surface area contributed by atoms with Gasteiger partial charge in [-0.05, 0) is 42.7 Å². The predicted molar refractivity (Wildman–Crippen MR) is 106 cm³/mol. The van der Waals surface area contributed by atoms with Gasteiger partial charge in [0.15, 0.2) is 0 Å². The molecule has 0 bridgehead atoms. The summed E-state index contributed by atoms with van der Waals surface area (Å²) >= 11 is 0. The molecule has 5 heteroatoms. The molecule has 5 nitrogen and oxygen atoms in total. The van der Waals surface area contributed by atoms with Crippen molar-refractivity contribution in [3.63, 3.8) is 0 Å². The van der Waals surface area contributed by atoms with Crippen LogP contribution in [0.15, 0.2) is 54.9 Å². The number of carbonyl (C=O) groups excluding carboxylic acids is 2. The Labute approximate surface area is 166 Å². The summed E-state index contributed by atoms with van der Waals surface area (Å²) in [6, 6.07) is 12.2. The molecule has 1 aromatic carbocycles. The van der Waals surface area contributed by atoms with Gasteiger partial charge in [0.2, 0.25) is 6.10 Å². The van der Waals surface area contributed by atoms with Crippen LogP contribution < -0.4 is 0 Å².